The molecule has 2 saturated heterocycles. The van der Waals surface area contributed by atoms with Gasteiger partial charge in [0.25, 0.3) is 0 Å². The molecule has 0 amide bonds. The zero-order chi connectivity index (χ0) is 30.2. The first-order valence-electron chi connectivity index (χ1n) is 14.5. The van der Waals surface area contributed by atoms with Crippen LogP contribution in [0.25, 0.3) is 0 Å². The Kier molecular flexibility index (Phi) is 8.51. The number of hydrogen-bond donors (Lipinski definition) is 3. The number of nitrogens with zero attached hydrogens (tertiary/aromatic N) is 2. The average Bonchev–Trinajstić information content (AvgIpc) is 3.40. The van der Waals surface area contributed by atoms with E-state index in [1.54, 1.807) is 57.2 Å². The zero-order valence-electron chi connectivity index (χ0n) is 24.3. The molecule has 2 aliphatic rings. The van der Waals surface area contributed by atoms with Crippen molar-refractivity contribution < 1.29 is 29.3 Å². The van der Waals surface area contributed by atoms with Gasteiger partial charge < -0.3 is 15.3 Å². The number of piperidine rings is 1. The van der Waals surface area contributed by atoms with Crippen LogP contribution in [0, 0.1) is 24.6 Å². The summed E-state index contributed by atoms with van der Waals surface area (Å²) < 4.78 is 15.0. The number of halogens is 1. The van der Waals surface area contributed by atoms with Crippen molar-refractivity contribution in [3.05, 3.63) is 94.8 Å². The molecule has 3 aromatic rings. The minimum absolute atomic E-state index is 0.0301. The maximum Gasteiger partial charge on any atom is 0.167 e. The molecule has 5 rings (SSSR count). The number of aromatic hydroxyl groups is 2. The van der Waals surface area contributed by atoms with Crippen LogP contribution in [-0.2, 0) is 0 Å². The van der Waals surface area contributed by atoms with Gasteiger partial charge in [-0.2, -0.15) is 0 Å². The molecule has 3 aromatic carbocycles. The van der Waals surface area contributed by atoms with Gasteiger partial charge in [-0.1, -0.05) is 36.4 Å². The fraction of sp³-hybridized carbons (Fsp3) is 0.412. The largest absolute Gasteiger partial charge is 0.508 e. The molecule has 2 heterocycles. The van der Waals surface area contributed by atoms with Crippen LogP contribution in [0.3, 0.4) is 0 Å². The van der Waals surface area contributed by atoms with Gasteiger partial charge in [0.1, 0.15) is 17.3 Å². The monoisotopic (exact) mass is 574 g/mol. The normalized spacial score (nSPS) is 23.6. The second-order valence-electron chi connectivity index (χ2n) is 12.5. The molecule has 0 spiro atoms. The molecule has 0 radical (unpaired) electrons. The highest BCUT2D eigenvalue weighted by atomic mass is 19.1. The maximum atomic E-state index is 15.0. The number of Topliss-reactive ketones (excluding diaryl/α,β-unsaturated/α-hetero) is 2. The summed E-state index contributed by atoms with van der Waals surface area (Å²) in [6.45, 7) is 7.94. The second kappa shape index (κ2) is 12.0. The van der Waals surface area contributed by atoms with Crippen LogP contribution in [0.15, 0.2) is 66.7 Å². The van der Waals surface area contributed by atoms with Crippen LogP contribution in [0.1, 0.15) is 58.0 Å². The number of carbonyl (C=O) groups is 2. The molecule has 42 heavy (non-hydrogen) atoms. The van der Waals surface area contributed by atoms with Crippen LogP contribution >= 0.6 is 0 Å². The summed E-state index contributed by atoms with van der Waals surface area (Å²) in [6.07, 6.45) is 0.819. The lowest BCUT2D eigenvalue weighted by atomic mass is 9.67. The molecular formula is C34H39FN2O5. The molecule has 0 aromatic heterocycles. The van der Waals surface area contributed by atoms with Gasteiger partial charge in [-0.25, -0.2) is 4.39 Å². The summed E-state index contributed by atoms with van der Waals surface area (Å²) in [5.74, 6) is -2.93. The highest BCUT2D eigenvalue weighted by Gasteiger charge is 2.47. The van der Waals surface area contributed by atoms with Gasteiger partial charge in [0.15, 0.2) is 11.6 Å². The standard InChI is InChI=1S/C34H39FN2O5/c1-21-27(11-6-12-30(21)35)31-28(32(40)22-7-4-9-25(38)15-22)18-37(24-13-14-36(17-24)20-34(2,3)42)19-29(31)33(41)23-8-5-10-26(39)16-23/h4-12,15-16,24,28-29,31,38-39,42H,13-14,17-20H2,1-3H3/t24?,28-,29+,31?. The van der Waals surface area contributed by atoms with Gasteiger partial charge in [0.2, 0.25) is 0 Å². The van der Waals surface area contributed by atoms with Crippen molar-refractivity contribution in [3.8, 4) is 11.5 Å². The van der Waals surface area contributed by atoms with Crippen molar-refractivity contribution in [3.63, 3.8) is 0 Å². The molecule has 7 nitrogen and oxygen atoms in total. The molecule has 2 aliphatic heterocycles. The molecule has 0 aliphatic carbocycles. The summed E-state index contributed by atoms with van der Waals surface area (Å²) in [4.78, 5) is 33.0. The van der Waals surface area contributed by atoms with E-state index in [1.165, 1.54) is 30.3 Å². The highest BCUT2D eigenvalue weighted by molar-refractivity contribution is 6.02. The third kappa shape index (κ3) is 6.41. The topological polar surface area (TPSA) is 101 Å². The lowest BCUT2D eigenvalue weighted by molar-refractivity contribution is 0.0338. The summed E-state index contributed by atoms with van der Waals surface area (Å²) in [7, 11) is 0. The van der Waals surface area contributed by atoms with Crippen molar-refractivity contribution in [2.24, 2.45) is 11.8 Å². The number of likely N-dealkylation sites (tertiary alicyclic amines) is 2. The Balaban J connectivity index is 1.60. The predicted octanol–water partition coefficient (Wildman–Crippen LogP) is 4.79. The first-order valence-corrected chi connectivity index (χ1v) is 14.5. The first-order chi connectivity index (χ1) is 19.9. The number of aliphatic hydroxyl groups is 1. The SMILES string of the molecule is Cc1c(F)cccc1C1[C@@H](C(=O)c2cccc(O)c2)CN(C2CCN(CC(C)(C)O)C2)C[C@H]1C(=O)c1cccc(O)c1. The van der Waals surface area contributed by atoms with Gasteiger partial charge in [-0.05, 0) is 75.2 Å². The summed E-state index contributed by atoms with van der Waals surface area (Å²) in [5, 5.41) is 30.7. The van der Waals surface area contributed by atoms with Crippen molar-refractivity contribution in [2.75, 3.05) is 32.7 Å². The number of phenolic OH excluding ortho intramolecular Hbond substituents is 2. The Morgan fingerprint density at radius 3 is 1.95 bits per heavy atom. The van der Waals surface area contributed by atoms with E-state index in [0.29, 0.717) is 48.4 Å². The minimum atomic E-state index is -0.849. The van der Waals surface area contributed by atoms with Crippen LogP contribution < -0.4 is 0 Å². The third-order valence-corrected chi connectivity index (χ3v) is 8.71. The number of hydrogen-bond acceptors (Lipinski definition) is 7. The molecule has 0 bridgehead atoms. The van der Waals surface area contributed by atoms with E-state index in [4.69, 9.17) is 0 Å². The van der Waals surface area contributed by atoms with E-state index in [0.717, 1.165) is 13.0 Å². The highest BCUT2D eigenvalue weighted by Crippen LogP contribution is 2.43. The molecule has 2 fully saturated rings. The average molecular weight is 575 g/mol. The van der Waals surface area contributed by atoms with E-state index in [-0.39, 0.29) is 29.1 Å². The Morgan fingerprint density at radius 2 is 1.43 bits per heavy atom. The van der Waals surface area contributed by atoms with Gasteiger partial charge in [-0.15, -0.1) is 0 Å². The van der Waals surface area contributed by atoms with Gasteiger partial charge in [-0.3, -0.25) is 19.4 Å². The van der Waals surface area contributed by atoms with Crippen molar-refractivity contribution in [1.82, 2.24) is 9.80 Å². The summed E-state index contributed by atoms with van der Waals surface area (Å²) in [5.41, 5.74) is 0.828. The number of benzene rings is 3. The number of ketones is 2. The fourth-order valence-electron chi connectivity index (χ4n) is 6.84. The van der Waals surface area contributed by atoms with Crippen LogP contribution in [0.5, 0.6) is 11.5 Å². The van der Waals surface area contributed by atoms with Crippen LogP contribution in [0.2, 0.25) is 0 Å². The molecule has 8 heteroatoms. The van der Waals surface area contributed by atoms with E-state index >= 15 is 0 Å². The van der Waals surface area contributed by atoms with E-state index in [9.17, 15) is 29.3 Å². The summed E-state index contributed by atoms with van der Waals surface area (Å²) >= 11 is 0. The molecule has 3 N–H and O–H groups in total. The van der Waals surface area contributed by atoms with Crippen molar-refractivity contribution in [2.45, 2.75) is 44.8 Å². The molecule has 222 valence electrons. The number of phenols is 2. The number of carbonyl (C=O) groups excluding carboxylic acids is 2. The van der Waals surface area contributed by atoms with Gasteiger partial charge >= 0.3 is 0 Å². The Labute approximate surface area is 246 Å². The lowest BCUT2D eigenvalue weighted by Gasteiger charge is -2.45. The second-order valence-corrected chi connectivity index (χ2v) is 12.5. The van der Waals surface area contributed by atoms with Gasteiger partial charge in [0.05, 0.1) is 5.60 Å². The van der Waals surface area contributed by atoms with Gasteiger partial charge in [0, 0.05) is 61.1 Å². The maximum absolute atomic E-state index is 15.0. The first kappa shape index (κ1) is 29.9. The molecule has 2 unspecified atom stereocenters. The van der Waals surface area contributed by atoms with Crippen molar-refractivity contribution in [1.29, 1.82) is 0 Å². The molecule has 0 saturated carbocycles. The number of rotatable bonds is 8. The van der Waals surface area contributed by atoms with Crippen molar-refractivity contribution >= 4 is 11.6 Å². The Bertz CT molecular complexity index is 1400. The quantitative estimate of drug-likeness (QED) is 0.333. The van der Waals surface area contributed by atoms with E-state index < -0.39 is 29.2 Å². The fourth-order valence-corrected chi connectivity index (χ4v) is 6.84. The molecular weight excluding hydrogens is 535 g/mol. The molecule has 4 atom stereocenters. The van der Waals surface area contributed by atoms with E-state index in [1.807, 2.05) is 0 Å². The minimum Gasteiger partial charge on any atom is -0.508 e. The van der Waals surface area contributed by atoms with Crippen LogP contribution in [-0.4, -0.2) is 81.1 Å². The third-order valence-electron chi connectivity index (χ3n) is 8.71. The zero-order valence-corrected chi connectivity index (χ0v) is 24.3. The Morgan fingerprint density at radius 1 is 0.881 bits per heavy atom. The lowest BCUT2D eigenvalue weighted by Crippen LogP contribution is -2.54. The Hall–Kier alpha value is -3.59. The predicted molar refractivity (Wildman–Crippen MR) is 158 cm³/mol. The summed E-state index contributed by atoms with van der Waals surface area (Å²) in [6, 6.07) is 17.3. The smallest absolute Gasteiger partial charge is 0.167 e. The van der Waals surface area contributed by atoms with E-state index in [2.05, 4.69) is 9.80 Å². The number of β-amino-alcohol motifs (C(OH)–C–C–N with tert-alkyl or cyclic N) is 1. The van der Waals surface area contributed by atoms with Crippen LogP contribution in [0.4, 0.5) is 4.39 Å².